The highest BCUT2D eigenvalue weighted by atomic mass is 16.5. The Morgan fingerprint density at radius 2 is 2.40 bits per heavy atom. The Labute approximate surface area is 117 Å². The molecule has 0 bridgehead atoms. The third-order valence-corrected chi connectivity index (χ3v) is 3.36. The van der Waals surface area contributed by atoms with Crippen LogP contribution in [-0.4, -0.2) is 40.9 Å². The van der Waals surface area contributed by atoms with Crippen molar-refractivity contribution in [2.24, 2.45) is 0 Å². The van der Waals surface area contributed by atoms with Gasteiger partial charge in [-0.15, -0.1) is 0 Å². The molecule has 2 aromatic heterocycles. The summed E-state index contributed by atoms with van der Waals surface area (Å²) < 4.78 is 10.9. The van der Waals surface area contributed by atoms with Crippen molar-refractivity contribution in [3.8, 4) is 11.5 Å². The molecule has 1 unspecified atom stereocenters. The molecule has 0 amide bonds. The minimum atomic E-state index is 0.103. The van der Waals surface area contributed by atoms with Crippen molar-refractivity contribution in [2.45, 2.75) is 25.9 Å². The van der Waals surface area contributed by atoms with E-state index in [0.717, 1.165) is 37.4 Å². The number of hydrogen-bond donors (Lipinski definition) is 1. The van der Waals surface area contributed by atoms with Crippen molar-refractivity contribution < 1.29 is 9.26 Å². The van der Waals surface area contributed by atoms with Crippen LogP contribution in [0.15, 0.2) is 22.9 Å². The van der Waals surface area contributed by atoms with Gasteiger partial charge in [-0.1, -0.05) is 18.1 Å². The standard InChI is InChI=1S/C14H18N4O2/c1-2-10-4-3-5-16-13(10)14-17-12(20-18-14)8-11-9-15-6-7-19-11/h3-5,11,15H,2,6-9H2,1H3. The molecular formula is C14H18N4O2. The van der Waals surface area contributed by atoms with Gasteiger partial charge >= 0.3 is 0 Å². The molecule has 0 spiro atoms. The molecule has 6 nitrogen and oxygen atoms in total. The van der Waals surface area contributed by atoms with Crippen LogP contribution < -0.4 is 5.32 Å². The molecule has 1 atom stereocenters. The Bertz CT molecular complexity index is 564. The number of pyridine rings is 1. The molecule has 1 aliphatic heterocycles. The summed E-state index contributed by atoms with van der Waals surface area (Å²) in [7, 11) is 0. The van der Waals surface area contributed by atoms with E-state index in [1.807, 2.05) is 12.1 Å². The Morgan fingerprint density at radius 1 is 1.45 bits per heavy atom. The molecule has 0 aromatic carbocycles. The van der Waals surface area contributed by atoms with Crippen LogP contribution in [0.3, 0.4) is 0 Å². The molecule has 1 aliphatic rings. The number of aromatic nitrogens is 3. The minimum absolute atomic E-state index is 0.103. The van der Waals surface area contributed by atoms with Gasteiger partial charge in [0.15, 0.2) is 0 Å². The summed E-state index contributed by atoms with van der Waals surface area (Å²) in [6.45, 7) is 4.54. The average Bonchev–Trinajstić information content (AvgIpc) is 2.96. The van der Waals surface area contributed by atoms with Gasteiger partial charge in [0.25, 0.3) is 0 Å². The lowest BCUT2D eigenvalue weighted by atomic mass is 10.1. The Morgan fingerprint density at radius 3 is 3.20 bits per heavy atom. The van der Waals surface area contributed by atoms with Crippen LogP contribution in [0.4, 0.5) is 0 Å². The van der Waals surface area contributed by atoms with Crippen LogP contribution in [0.2, 0.25) is 0 Å². The maximum absolute atomic E-state index is 5.64. The monoisotopic (exact) mass is 274 g/mol. The summed E-state index contributed by atoms with van der Waals surface area (Å²) in [5, 5.41) is 7.32. The quantitative estimate of drug-likeness (QED) is 0.904. The summed E-state index contributed by atoms with van der Waals surface area (Å²) in [5.41, 5.74) is 1.92. The smallest absolute Gasteiger partial charge is 0.229 e. The molecular weight excluding hydrogens is 256 g/mol. The van der Waals surface area contributed by atoms with Gasteiger partial charge in [-0.25, -0.2) is 0 Å². The van der Waals surface area contributed by atoms with Crippen LogP contribution in [0.25, 0.3) is 11.5 Å². The highest BCUT2D eigenvalue weighted by Crippen LogP contribution is 2.19. The van der Waals surface area contributed by atoms with Crippen molar-refractivity contribution in [1.29, 1.82) is 0 Å². The second kappa shape index (κ2) is 6.11. The second-order valence-electron chi connectivity index (χ2n) is 4.78. The topological polar surface area (TPSA) is 73.1 Å². The molecule has 20 heavy (non-hydrogen) atoms. The first-order valence-electron chi connectivity index (χ1n) is 6.96. The van der Waals surface area contributed by atoms with Gasteiger partial charge in [-0.2, -0.15) is 4.98 Å². The molecule has 1 saturated heterocycles. The predicted octanol–water partition coefficient (Wildman–Crippen LogP) is 1.22. The SMILES string of the molecule is CCc1cccnc1-c1noc(CC2CNCCO2)n1. The number of nitrogens with one attached hydrogen (secondary N) is 1. The number of hydrogen-bond acceptors (Lipinski definition) is 6. The zero-order valence-electron chi connectivity index (χ0n) is 11.5. The molecule has 106 valence electrons. The Hall–Kier alpha value is -1.79. The normalized spacial score (nSPS) is 19.1. The maximum Gasteiger partial charge on any atom is 0.229 e. The number of ether oxygens (including phenoxy) is 1. The van der Waals surface area contributed by atoms with E-state index in [0.29, 0.717) is 18.1 Å². The number of morpholine rings is 1. The fourth-order valence-electron chi connectivity index (χ4n) is 2.30. The van der Waals surface area contributed by atoms with Crippen molar-refractivity contribution in [3.05, 3.63) is 29.8 Å². The van der Waals surface area contributed by atoms with Crippen molar-refractivity contribution >= 4 is 0 Å². The lowest BCUT2D eigenvalue weighted by Crippen LogP contribution is -2.39. The lowest BCUT2D eigenvalue weighted by Gasteiger charge is -2.21. The zero-order valence-corrected chi connectivity index (χ0v) is 11.5. The molecule has 2 aromatic rings. The summed E-state index contributed by atoms with van der Waals surface area (Å²) >= 11 is 0. The lowest BCUT2D eigenvalue weighted by molar-refractivity contribution is 0.0246. The first kappa shape index (κ1) is 13.2. The van der Waals surface area contributed by atoms with Crippen molar-refractivity contribution in [3.63, 3.8) is 0 Å². The van der Waals surface area contributed by atoms with E-state index in [2.05, 4.69) is 27.4 Å². The van der Waals surface area contributed by atoms with Gasteiger partial charge in [0, 0.05) is 19.3 Å². The highest BCUT2D eigenvalue weighted by molar-refractivity contribution is 5.53. The van der Waals surface area contributed by atoms with E-state index in [-0.39, 0.29) is 6.10 Å². The van der Waals surface area contributed by atoms with Gasteiger partial charge in [0.05, 0.1) is 19.1 Å². The molecule has 0 saturated carbocycles. The number of rotatable bonds is 4. The van der Waals surface area contributed by atoms with Gasteiger partial charge < -0.3 is 14.6 Å². The molecule has 6 heteroatoms. The first-order chi connectivity index (χ1) is 9.86. The first-order valence-corrected chi connectivity index (χ1v) is 6.96. The number of aryl methyl sites for hydroxylation is 1. The maximum atomic E-state index is 5.64. The van der Waals surface area contributed by atoms with E-state index in [1.54, 1.807) is 6.20 Å². The van der Waals surface area contributed by atoms with Gasteiger partial charge in [-0.3, -0.25) is 4.98 Å². The predicted molar refractivity (Wildman–Crippen MR) is 73.2 cm³/mol. The molecule has 1 N–H and O–H groups in total. The van der Waals surface area contributed by atoms with Crippen molar-refractivity contribution in [1.82, 2.24) is 20.4 Å². The van der Waals surface area contributed by atoms with E-state index in [1.165, 1.54) is 0 Å². The summed E-state index contributed by atoms with van der Waals surface area (Å²) in [5.74, 6) is 1.16. The Kier molecular flexibility index (Phi) is 4.03. The summed E-state index contributed by atoms with van der Waals surface area (Å²) in [4.78, 5) is 8.79. The molecule has 1 fully saturated rings. The van der Waals surface area contributed by atoms with Gasteiger partial charge in [0.2, 0.25) is 11.7 Å². The fourth-order valence-corrected chi connectivity index (χ4v) is 2.30. The highest BCUT2D eigenvalue weighted by Gasteiger charge is 2.19. The average molecular weight is 274 g/mol. The third-order valence-electron chi connectivity index (χ3n) is 3.36. The van der Waals surface area contributed by atoms with E-state index in [4.69, 9.17) is 9.26 Å². The van der Waals surface area contributed by atoms with Gasteiger partial charge in [0.1, 0.15) is 5.69 Å². The third kappa shape index (κ3) is 2.86. The molecule has 3 heterocycles. The summed E-state index contributed by atoms with van der Waals surface area (Å²) in [6.07, 6.45) is 3.38. The molecule has 0 aliphatic carbocycles. The van der Waals surface area contributed by atoms with E-state index >= 15 is 0 Å². The van der Waals surface area contributed by atoms with Crippen molar-refractivity contribution in [2.75, 3.05) is 19.7 Å². The Balaban J connectivity index is 1.75. The number of nitrogens with zero attached hydrogens (tertiary/aromatic N) is 3. The minimum Gasteiger partial charge on any atom is -0.375 e. The van der Waals surface area contributed by atoms with Crippen LogP contribution >= 0.6 is 0 Å². The van der Waals surface area contributed by atoms with Crippen LogP contribution in [0.5, 0.6) is 0 Å². The summed E-state index contributed by atoms with van der Waals surface area (Å²) in [6, 6.07) is 3.96. The van der Waals surface area contributed by atoms with Crippen LogP contribution in [0, 0.1) is 0 Å². The van der Waals surface area contributed by atoms with E-state index in [9.17, 15) is 0 Å². The van der Waals surface area contributed by atoms with Crippen LogP contribution in [0.1, 0.15) is 18.4 Å². The zero-order chi connectivity index (χ0) is 13.8. The van der Waals surface area contributed by atoms with Crippen LogP contribution in [-0.2, 0) is 17.6 Å². The van der Waals surface area contributed by atoms with E-state index < -0.39 is 0 Å². The molecule has 0 radical (unpaired) electrons. The fraction of sp³-hybridized carbons (Fsp3) is 0.500. The largest absolute Gasteiger partial charge is 0.375 e. The molecule has 3 rings (SSSR count). The van der Waals surface area contributed by atoms with Gasteiger partial charge in [-0.05, 0) is 18.1 Å². The second-order valence-corrected chi connectivity index (χ2v) is 4.78.